The molecule has 7 aromatic carbocycles. The van der Waals surface area contributed by atoms with Crippen molar-refractivity contribution in [3.63, 3.8) is 0 Å². The Morgan fingerprint density at radius 1 is 0.395 bits per heavy atom. The van der Waals surface area contributed by atoms with Crippen molar-refractivity contribution in [1.82, 2.24) is 14.5 Å². The average molecular weight is 548 g/mol. The lowest BCUT2D eigenvalue weighted by molar-refractivity contribution is 1.10. The van der Waals surface area contributed by atoms with E-state index >= 15 is 0 Å². The highest BCUT2D eigenvalue weighted by Gasteiger charge is 2.17. The molecule has 3 heteroatoms. The smallest absolute Gasteiger partial charge is 0.145 e. The molecule has 0 bridgehead atoms. The molecule has 0 radical (unpaired) electrons. The zero-order valence-corrected chi connectivity index (χ0v) is 23.3. The van der Waals surface area contributed by atoms with Gasteiger partial charge in [0.1, 0.15) is 5.82 Å². The summed E-state index contributed by atoms with van der Waals surface area (Å²) in [5.41, 5.74) is 8.68. The first-order chi connectivity index (χ1) is 21.3. The summed E-state index contributed by atoms with van der Waals surface area (Å²) in [5, 5.41) is 7.05. The van der Waals surface area contributed by atoms with Gasteiger partial charge in [0.15, 0.2) is 0 Å². The summed E-state index contributed by atoms with van der Waals surface area (Å²) in [7, 11) is 0. The standard InChI is InChI=1S/C40H25N3/c1-2-12-30(13-3-1)43-36-17-9-8-16-35(36)41-40(43)29-20-18-28(19-21-29)37-33-24-22-26-10-4-6-14-31(26)38(33)42-39-32-15-7-5-11-27(32)23-25-34(37)39/h1-25H. The van der Waals surface area contributed by atoms with Gasteiger partial charge in [-0.05, 0) is 40.6 Å². The van der Waals surface area contributed by atoms with E-state index in [1.807, 2.05) is 12.1 Å². The maximum atomic E-state index is 5.34. The fraction of sp³-hybridized carbons (Fsp3) is 0. The van der Waals surface area contributed by atoms with Crippen molar-refractivity contribution in [2.45, 2.75) is 0 Å². The molecule has 0 amide bonds. The van der Waals surface area contributed by atoms with Gasteiger partial charge in [0.2, 0.25) is 0 Å². The zero-order chi connectivity index (χ0) is 28.3. The maximum absolute atomic E-state index is 5.34. The van der Waals surface area contributed by atoms with Crippen LogP contribution in [-0.4, -0.2) is 14.5 Å². The molecule has 2 aromatic heterocycles. The molecule has 0 saturated heterocycles. The van der Waals surface area contributed by atoms with Crippen LogP contribution in [0.5, 0.6) is 0 Å². The monoisotopic (exact) mass is 547 g/mol. The van der Waals surface area contributed by atoms with E-state index in [-0.39, 0.29) is 0 Å². The van der Waals surface area contributed by atoms with E-state index in [1.165, 1.54) is 27.1 Å². The number of fused-ring (bicyclic) bond motifs is 7. The molecule has 2 heterocycles. The van der Waals surface area contributed by atoms with Crippen LogP contribution in [0.1, 0.15) is 0 Å². The summed E-state index contributed by atoms with van der Waals surface area (Å²) in [4.78, 5) is 10.4. The topological polar surface area (TPSA) is 30.7 Å². The minimum atomic E-state index is 0.931. The zero-order valence-electron chi connectivity index (χ0n) is 23.3. The summed E-state index contributed by atoms with van der Waals surface area (Å²) in [6, 6.07) is 53.7. The highest BCUT2D eigenvalue weighted by atomic mass is 15.1. The molecule has 43 heavy (non-hydrogen) atoms. The summed E-state index contributed by atoms with van der Waals surface area (Å²) in [5.74, 6) is 0.931. The third-order valence-corrected chi connectivity index (χ3v) is 8.57. The average Bonchev–Trinajstić information content (AvgIpc) is 3.47. The van der Waals surface area contributed by atoms with E-state index in [9.17, 15) is 0 Å². The molecular formula is C40H25N3. The van der Waals surface area contributed by atoms with Gasteiger partial charge < -0.3 is 0 Å². The van der Waals surface area contributed by atoms with Gasteiger partial charge in [-0.3, -0.25) is 4.57 Å². The summed E-state index contributed by atoms with van der Waals surface area (Å²) in [6.45, 7) is 0. The predicted molar refractivity (Wildman–Crippen MR) is 180 cm³/mol. The van der Waals surface area contributed by atoms with Gasteiger partial charge in [0, 0.05) is 38.4 Å². The van der Waals surface area contributed by atoms with Crippen LogP contribution in [-0.2, 0) is 0 Å². The Morgan fingerprint density at radius 2 is 0.953 bits per heavy atom. The minimum absolute atomic E-state index is 0.931. The number of benzene rings is 7. The summed E-state index contributed by atoms with van der Waals surface area (Å²) in [6.07, 6.45) is 0. The summed E-state index contributed by atoms with van der Waals surface area (Å²) >= 11 is 0. The van der Waals surface area contributed by atoms with Crippen molar-refractivity contribution in [3.05, 3.63) is 152 Å². The van der Waals surface area contributed by atoms with Crippen molar-refractivity contribution in [2.24, 2.45) is 0 Å². The van der Waals surface area contributed by atoms with Gasteiger partial charge >= 0.3 is 0 Å². The number of para-hydroxylation sites is 3. The van der Waals surface area contributed by atoms with Crippen molar-refractivity contribution < 1.29 is 0 Å². The van der Waals surface area contributed by atoms with Gasteiger partial charge in [-0.25, -0.2) is 9.97 Å². The lowest BCUT2D eigenvalue weighted by Gasteiger charge is -2.15. The third kappa shape index (κ3) is 3.68. The lowest BCUT2D eigenvalue weighted by atomic mass is 9.92. The molecule has 0 aliphatic rings. The van der Waals surface area contributed by atoms with Gasteiger partial charge in [-0.1, -0.05) is 127 Å². The quantitative estimate of drug-likeness (QED) is 0.163. The molecule has 0 aliphatic carbocycles. The Labute approximate surface area is 248 Å². The first-order valence-electron chi connectivity index (χ1n) is 14.6. The van der Waals surface area contributed by atoms with Crippen molar-refractivity contribution in [2.75, 3.05) is 0 Å². The molecule has 3 nitrogen and oxygen atoms in total. The maximum Gasteiger partial charge on any atom is 0.145 e. The molecule has 0 aliphatic heterocycles. The number of aromatic nitrogens is 3. The number of hydrogen-bond acceptors (Lipinski definition) is 2. The predicted octanol–water partition coefficient (Wildman–Crippen LogP) is 10.4. The molecule has 0 unspecified atom stereocenters. The van der Waals surface area contributed by atoms with Crippen LogP contribution >= 0.6 is 0 Å². The van der Waals surface area contributed by atoms with Gasteiger partial charge in [-0.2, -0.15) is 0 Å². The molecule has 0 spiro atoms. The fourth-order valence-electron chi connectivity index (χ4n) is 6.57. The largest absolute Gasteiger partial charge is 0.292 e. The van der Waals surface area contributed by atoms with Crippen LogP contribution in [0.3, 0.4) is 0 Å². The molecule has 0 N–H and O–H groups in total. The number of hydrogen-bond donors (Lipinski definition) is 0. The highest BCUT2D eigenvalue weighted by Crippen LogP contribution is 2.40. The Hall–Kier alpha value is -5.80. The lowest BCUT2D eigenvalue weighted by Crippen LogP contribution is -1.97. The third-order valence-electron chi connectivity index (χ3n) is 8.57. The molecule has 0 atom stereocenters. The second-order valence-electron chi connectivity index (χ2n) is 11.0. The van der Waals surface area contributed by atoms with Gasteiger partial charge in [0.25, 0.3) is 0 Å². The van der Waals surface area contributed by atoms with E-state index in [1.54, 1.807) is 0 Å². The Morgan fingerprint density at radius 3 is 1.63 bits per heavy atom. The van der Waals surface area contributed by atoms with Crippen molar-refractivity contribution in [1.29, 1.82) is 0 Å². The minimum Gasteiger partial charge on any atom is -0.292 e. The molecule has 9 aromatic rings. The van der Waals surface area contributed by atoms with E-state index in [4.69, 9.17) is 9.97 Å². The highest BCUT2D eigenvalue weighted by molar-refractivity contribution is 6.21. The second kappa shape index (κ2) is 9.37. The van der Waals surface area contributed by atoms with Crippen LogP contribution in [0, 0.1) is 0 Å². The first-order valence-corrected chi connectivity index (χ1v) is 14.6. The van der Waals surface area contributed by atoms with Crippen LogP contribution in [0.2, 0.25) is 0 Å². The van der Waals surface area contributed by atoms with E-state index in [0.29, 0.717) is 0 Å². The molecule has 9 rings (SSSR count). The Balaban J connectivity index is 1.30. The second-order valence-corrected chi connectivity index (χ2v) is 11.0. The molecule has 200 valence electrons. The summed E-state index contributed by atoms with van der Waals surface area (Å²) < 4.78 is 2.25. The van der Waals surface area contributed by atoms with Crippen LogP contribution in [0.4, 0.5) is 0 Å². The number of imidazole rings is 1. The normalized spacial score (nSPS) is 11.7. The van der Waals surface area contributed by atoms with Crippen LogP contribution in [0.25, 0.3) is 82.6 Å². The van der Waals surface area contributed by atoms with Gasteiger partial charge in [0.05, 0.1) is 22.1 Å². The van der Waals surface area contributed by atoms with E-state index in [0.717, 1.165) is 55.5 Å². The number of pyridine rings is 1. The fourth-order valence-corrected chi connectivity index (χ4v) is 6.57. The Kier molecular flexibility index (Phi) is 5.20. The van der Waals surface area contributed by atoms with Crippen LogP contribution < -0.4 is 0 Å². The molecule has 0 fully saturated rings. The molecule has 0 saturated carbocycles. The van der Waals surface area contributed by atoms with Crippen molar-refractivity contribution in [3.8, 4) is 28.2 Å². The van der Waals surface area contributed by atoms with Gasteiger partial charge in [-0.15, -0.1) is 0 Å². The number of nitrogens with zero attached hydrogens (tertiary/aromatic N) is 3. The van der Waals surface area contributed by atoms with E-state index in [2.05, 4.69) is 144 Å². The van der Waals surface area contributed by atoms with Crippen molar-refractivity contribution >= 4 is 54.4 Å². The number of rotatable bonds is 3. The Bertz CT molecular complexity index is 2400. The van der Waals surface area contributed by atoms with E-state index < -0.39 is 0 Å². The SMILES string of the molecule is c1ccc(-n2c(-c3ccc(-c4c5ccc6ccccc6c5nc5c4ccc4ccccc45)cc3)nc3ccccc32)cc1. The van der Waals surface area contributed by atoms with Crippen LogP contribution in [0.15, 0.2) is 152 Å². The first kappa shape index (κ1) is 23.9. The molecular weight excluding hydrogens is 522 g/mol.